The second-order valence-corrected chi connectivity index (χ2v) is 6.17. The quantitative estimate of drug-likeness (QED) is 0.786. The summed E-state index contributed by atoms with van der Waals surface area (Å²) in [5, 5.41) is 23.0. The summed E-state index contributed by atoms with van der Waals surface area (Å²) in [6.07, 6.45) is 2.40. The fourth-order valence-electron chi connectivity index (χ4n) is 2.50. The molecule has 2 unspecified atom stereocenters. The molecule has 1 fully saturated rings. The van der Waals surface area contributed by atoms with Crippen LogP contribution in [-0.4, -0.2) is 40.2 Å². The van der Waals surface area contributed by atoms with Gasteiger partial charge in [0.2, 0.25) is 0 Å². The minimum absolute atomic E-state index is 0.115. The highest BCUT2D eigenvalue weighted by Gasteiger charge is 2.38. The third-order valence-corrected chi connectivity index (χ3v) is 4.78. The number of H-pyrrole nitrogens is 1. The largest absolute Gasteiger partial charge is 0.386 e. The number of rotatable bonds is 5. The normalized spacial score (nSPS) is 26.2. The second-order valence-electron chi connectivity index (χ2n) is 5.22. The molecule has 2 aromatic heterocycles. The van der Waals surface area contributed by atoms with E-state index in [0.717, 1.165) is 11.3 Å². The van der Waals surface area contributed by atoms with Gasteiger partial charge in [0.25, 0.3) is 0 Å². The molecule has 0 spiro atoms. The van der Waals surface area contributed by atoms with Crippen LogP contribution in [0.5, 0.6) is 0 Å². The standard InChI is InChI=1S/C14H19N3O2S/c1-10-14(18,4-5-19-10)9-15-7-11-8-16-17-13(11)12-3-2-6-20-12/h2-3,6,8,10,15,18H,4-5,7,9H2,1H3,(H,16,17). The average molecular weight is 293 g/mol. The maximum absolute atomic E-state index is 10.4. The molecule has 20 heavy (non-hydrogen) atoms. The number of aliphatic hydroxyl groups is 1. The van der Waals surface area contributed by atoms with Crippen molar-refractivity contribution in [1.82, 2.24) is 15.5 Å². The van der Waals surface area contributed by atoms with Gasteiger partial charge in [0.1, 0.15) is 5.60 Å². The molecule has 0 aliphatic carbocycles. The highest BCUT2D eigenvalue weighted by atomic mass is 32.1. The topological polar surface area (TPSA) is 70.2 Å². The van der Waals surface area contributed by atoms with Crippen molar-refractivity contribution in [3.05, 3.63) is 29.3 Å². The molecule has 3 N–H and O–H groups in total. The number of nitrogens with one attached hydrogen (secondary N) is 2. The first-order valence-electron chi connectivity index (χ1n) is 6.80. The van der Waals surface area contributed by atoms with E-state index >= 15 is 0 Å². The summed E-state index contributed by atoms with van der Waals surface area (Å²) in [4.78, 5) is 1.18. The molecule has 0 aromatic carbocycles. The van der Waals surface area contributed by atoms with Crippen molar-refractivity contribution in [1.29, 1.82) is 0 Å². The van der Waals surface area contributed by atoms with E-state index in [1.807, 2.05) is 24.6 Å². The zero-order valence-electron chi connectivity index (χ0n) is 11.4. The number of thiophene rings is 1. The highest BCUT2D eigenvalue weighted by molar-refractivity contribution is 7.13. The van der Waals surface area contributed by atoms with Crippen molar-refractivity contribution < 1.29 is 9.84 Å². The second kappa shape index (κ2) is 5.65. The van der Waals surface area contributed by atoms with Crippen LogP contribution in [0.1, 0.15) is 18.9 Å². The van der Waals surface area contributed by atoms with Gasteiger partial charge in [0, 0.05) is 31.7 Å². The highest BCUT2D eigenvalue weighted by Crippen LogP contribution is 2.27. The number of aromatic nitrogens is 2. The van der Waals surface area contributed by atoms with Gasteiger partial charge in [-0.2, -0.15) is 5.10 Å². The van der Waals surface area contributed by atoms with Crippen molar-refractivity contribution >= 4 is 11.3 Å². The van der Waals surface area contributed by atoms with Gasteiger partial charge >= 0.3 is 0 Å². The third-order valence-electron chi connectivity index (χ3n) is 3.89. The van der Waals surface area contributed by atoms with Gasteiger partial charge in [0.15, 0.2) is 0 Å². The van der Waals surface area contributed by atoms with Crippen LogP contribution >= 0.6 is 11.3 Å². The fourth-order valence-corrected chi connectivity index (χ4v) is 3.25. The van der Waals surface area contributed by atoms with Gasteiger partial charge in [-0.15, -0.1) is 11.3 Å². The van der Waals surface area contributed by atoms with Crippen LogP contribution < -0.4 is 5.32 Å². The molecule has 0 saturated carbocycles. The Hall–Kier alpha value is -1.21. The number of nitrogens with zero attached hydrogens (tertiary/aromatic N) is 1. The van der Waals surface area contributed by atoms with Gasteiger partial charge in [-0.1, -0.05) is 6.07 Å². The van der Waals surface area contributed by atoms with Crippen LogP contribution in [0, 0.1) is 0 Å². The lowest BCUT2D eigenvalue weighted by atomic mass is 9.96. The minimum Gasteiger partial charge on any atom is -0.386 e. The predicted molar refractivity (Wildman–Crippen MR) is 78.6 cm³/mol. The van der Waals surface area contributed by atoms with E-state index in [-0.39, 0.29) is 6.10 Å². The van der Waals surface area contributed by atoms with E-state index in [2.05, 4.69) is 21.6 Å². The predicted octanol–water partition coefficient (Wildman–Crippen LogP) is 1.77. The number of aromatic amines is 1. The zero-order valence-corrected chi connectivity index (χ0v) is 12.2. The number of ether oxygens (including phenoxy) is 1. The summed E-state index contributed by atoms with van der Waals surface area (Å²) in [6.45, 7) is 3.76. The van der Waals surface area contributed by atoms with Crippen LogP contribution in [0.25, 0.3) is 10.6 Å². The zero-order chi connectivity index (χ0) is 14.0. The first kappa shape index (κ1) is 13.8. The lowest BCUT2D eigenvalue weighted by Crippen LogP contribution is -2.45. The van der Waals surface area contributed by atoms with Crippen LogP contribution in [0.4, 0.5) is 0 Å². The van der Waals surface area contributed by atoms with E-state index < -0.39 is 5.60 Å². The lowest BCUT2D eigenvalue weighted by Gasteiger charge is -2.26. The maximum atomic E-state index is 10.4. The molecule has 3 rings (SSSR count). The Morgan fingerprint density at radius 2 is 2.55 bits per heavy atom. The first-order valence-corrected chi connectivity index (χ1v) is 7.68. The van der Waals surface area contributed by atoms with E-state index in [4.69, 9.17) is 4.74 Å². The van der Waals surface area contributed by atoms with Gasteiger partial charge in [0.05, 0.1) is 22.9 Å². The SMILES string of the molecule is CC1OCCC1(O)CNCc1cn[nH]c1-c1cccs1. The van der Waals surface area contributed by atoms with E-state index in [1.54, 1.807) is 11.3 Å². The maximum Gasteiger partial charge on any atom is 0.105 e. The molecule has 2 atom stereocenters. The van der Waals surface area contributed by atoms with Crippen molar-refractivity contribution in [3.63, 3.8) is 0 Å². The Balaban J connectivity index is 1.61. The molecule has 108 valence electrons. The Bertz CT molecular complexity index is 555. The molecule has 0 amide bonds. The molecule has 0 bridgehead atoms. The molecule has 6 heteroatoms. The molecule has 5 nitrogen and oxygen atoms in total. The van der Waals surface area contributed by atoms with Crippen LogP contribution in [0.3, 0.4) is 0 Å². The molecule has 1 saturated heterocycles. The Morgan fingerprint density at radius 3 is 3.25 bits per heavy atom. The lowest BCUT2D eigenvalue weighted by molar-refractivity contribution is -0.0262. The van der Waals surface area contributed by atoms with Gasteiger partial charge in [-0.25, -0.2) is 0 Å². The molecule has 1 aliphatic heterocycles. The Labute approximate surface area is 122 Å². The van der Waals surface area contributed by atoms with Gasteiger partial charge in [-0.05, 0) is 18.4 Å². The Morgan fingerprint density at radius 1 is 1.65 bits per heavy atom. The minimum atomic E-state index is -0.757. The molecule has 1 aliphatic rings. The van der Waals surface area contributed by atoms with Crippen LogP contribution in [0.2, 0.25) is 0 Å². The van der Waals surface area contributed by atoms with Gasteiger partial charge in [-0.3, -0.25) is 5.10 Å². The number of hydrogen-bond acceptors (Lipinski definition) is 5. The van der Waals surface area contributed by atoms with Crippen molar-refractivity contribution in [3.8, 4) is 10.6 Å². The van der Waals surface area contributed by atoms with Gasteiger partial charge < -0.3 is 15.2 Å². The molecule has 3 heterocycles. The first-order chi connectivity index (χ1) is 9.69. The molecular weight excluding hydrogens is 274 g/mol. The summed E-state index contributed by atoms with van der Waals surface area (Å²) >= 11 is 1.68. The molecular formula is C14H19N3O2S. The smallest absolute Gasteiger partial charge is 0.105 e. The summed E-state index contributed by atoms with van der Waals surface area (Å²) in [5.41, 5.74) is 1.41. The summed E-state index contributed by atoms with van der Waals surface area (Å²) in [5.74, 6) is 0. The van der Waals surface area contributed by atoms with Crippen molar-refractivity contribution in [2.75, 3.05) is 13.2 Å². The van der Waals surface area contributed by atoms with E-state index in [1.165, 1.54) is 4.88 Å². The Kier molecular flexibility index (Phi) is 3.89. The summed E-state index contributed by atoms with van der Waals surface area (Å²) in [7, 11) is 0. The monoisotopic (exact) mass is 293 g/mol. The van der Waals surface area contributed by atoms with Crippen LogP contribution in [0.15, 0.2) is 23.7 Å². The van der Waals surface area contributed by atoms with E-state index in [9.17, 15) is 5.11 Å². The molecule has 2 aromatic rings. The van der Waals surface area contributed by atoms with Crippen molar-refractivity contribution in [2.24, 2.45) is 0 Å². The number of hydrogen-bond donors (Lipinski definition) is 3. The fraction of sp³-hybridized carbons (Fsp3) is 0.500. The van der Waals surface area contributed by atoms with Crippen LogP contribution in [-0.2, 0) is 11.3 Å². The summed E-state index contributed by atoms with van der Waals surface area (Å²) < 4.78 is 5.43. The molecule has 0 radical (unpaired) electrons. The summed E-state index contributed by atoms with van der Waals surface area (Å²) in [6, 6.07) is 4.10. The third kappa shape index (κ3) is 2.64. The average Bonchev–Trinajstić information content (AvgIpc) is 3.13. The van der Waals surface area contributed by atoms with Crippen molar-refractivity contribution in [2.45, 2.75) is 31.6 Å². The van der Waals surface area contributed by atoms with E-state index in [0.29, 0.717) is 26.1 Å².